The second-order valence-electron chi connectivity index (χ2n) is 31.0. The van der Waals surface area contributed by atoms with Crippen LogP contribution in [-0.2, 0) is 0 Å². The van der Waals surface area contributed by atoms with Gasteiger partial charge in [0.05, 0.1) is 39.5 Å². The number of rotatable bonds is 16. The van der Waals surface area contributed by atoms with Crippen LogP contribution in [0.25, 0.3) is 175 Å². The van der Waals surface area contributed by atoms with Gasteiger partial charge in [-0.25, -0.2) is 49.8 Å². The monoisotopic (exact) mass is 1580 g/mol. The Hall–Kier alpha value is -16.8. The van der Waals surface area contributed by atoms with Crippen LogP contribution >= 0.6 is 0 Å². The summed E-state index contributed by atoms with van der Waals surface area (Å²) in [6.07, 6.45) is 0. The van der Waals surface area contributed by atoms with E-state index in [9.17, 15) is 0 Å². The van der Waals surface area contributed by atoms with E-state index < -0.39 is 0 Å². The first-order valence-corrected chi connectivity index (χ1v) is 41.5. The van der Waals surface area contributed by atoms with Crippen molar-refractivity contribution in [3.63, 3.8) is 0 Å². The Morgan fingerprint density at radius 2 is 0.484 bits per heavy atom. The van der Waals surface area contributed by atoms with Crippen molar-refractivity contribution in [3.8, 4) is 153 Å². The highest BCUT2D eigenvalue weighted by molar-refractivity contribution is 7.00. The van der Waals surface area contributed by atoms with Gasteiger partial charge in [0.2, 0.25) is 0 Å². The Balaban J connectivity index is 0.716. The van der Waals surface area contributed by atoms with E-state index in [-0.39, 0.29) is 6.71 Å². The van der Waals surface area contributed by atoms with Gasteiger partial charge in [0, 0.05) is 112 Å². The molecule has 13 nitrogen and oxygen atoms in total. The van der Waals surface area contributed by atoms with Gasteiger partial charge in [0.25, 0.3) is 6.71 Å². The first kappa shape index (κ1) is 72.4. The van der Waals surface area contributed by atoms with Crippen molar-refractivity contribution in [2.75, 3.05) is 9.80 Å². The maximum absolute atomic E-state index is 5.84. The fourth-order valence-electron chi connectivity index (χ4n) is 17.7. The smallest absolute Gasteiger partial charge is 0.252 e. The third-order valence-corrected chi connectivity index (χ3v) is 23.5. The van der Waals surface area contributed by atoms with Crippen LogP contribution in [-0.4, -0.2) is 61.1 Å². The van der Waals surface area contributed by atoms with Crippen LogP contribution in [0.2, 0.25) is 0 Å². The second-order valence-corrected chi connectivity index (χ2v) is 31.0. The van der Waals surface area contributed by atoms with Gasteiger partial charge in [-0.1, -0.05) is 309 Å². The summed E-state index contributed by atoms with van der Waals surface area (Å²) in [7, 11) is 0. The number of aromatic nitrogens is 11. The summed E-state index contributed by atoms with van der Waals surface area (Å²) in [6.45, 7) is 0.0321. The van der Waals surface area contributed by atoms with Crippen LogP contribution < -0.4 is 26.2 Å². The van der Waals surface area contributed by atoms with E-state index in [2.05, 4.69) is 275 Å². The average Bonchev–Trinajstić information content (AvgIpc) is 0.852. The zero-order valence-electron chi connectivity index (χ0n) is 66.8. The minimum atomic E-state index is 0.0321. The number of anilines is 6. The third-order valence-electron chi connectivity index (χ3n) is 23.5. The highest BCUT2D eigenvalue weighted by Crippen LogP contribution is 2.47. The molecule has 0 bridgehead atoms. The lowest BCUT2D eigenvalue weighted by molar-refractivity contribution is 1.07. The fourth-order valence-corrected chi connectivity index (χ4v) is 17.7. The Bertz CT molecular complexity index is 7300. The number of nitrogens with zero attached hydrogens (tertiary/aromatic N) is 13. The van der Waals surface area contributed by atoms with Crippen LogP contribution in [0.1, 0.15) is 0 Å². The van der Waals surface area contributed by atoms with E-state index in [0.717, 1.165) is 145 Å². The van der Waals surface area contributed by atoms with Crippen molar-refractivity contribution in [2.45, 2.75) is 0 Å². The molecule has 578 valence electrons. The van der Waals surface area contributed by atoms with Crippen molar-refractivity contribution >= 4 is 79.0 Å². The molecule has 0 amide bonds. The molecule has 0 saturated carbocycles. The zero-order valence-corrected chi connectivity index (χ0v) is 66.8. The summed E-state index contributed by atoms with van der Waals surface area (Å²) in [4.78, 5) is 58.5. The standard InChI is InChI=1S/C110H70BN13/c1-9-31-72(32-10-1)91-69-93(114-103(112-91)74-35-13-3-14-36-74)80-57-62-97(124-95-63-58-82(109-118-104(75-37-15-4-16-38-75)116-105(119-109)76-39-17-5-18-40-76)67-86(95)87-68-83(59-64-96(87)124)110-120-106(77-41-19-6-20-42-77)117-107(121-110)78-43-21-7-22-44-78)88(66-80)94-70-92(73-33-11-2-12-34-73)113-108(115-94)81-46-29-45-79(65-81)71-55-60-85(61-56-71)123-99-52-28-26-50-90(99)111-89-49-25-27-51-98(89)122(84-47-23-8-24-48-84)100-53-30-54-101(123)102(100)111/h1-70H. The lowest BCUT2D eigenvalue weighted by Gasteiger charge is -2.44. The molecule has 7 heterocycles. The summed E-state index contributed by atoms with van der Waals surface area (Å²) >= 11 is 0. The molecule has 5 aromatic heterocycles. The lowest BCUT2D eigenvalue weighted by atomic mass is 9.33. The SMILES string of the molecule is c1ccc(-c2cc(-c3ccc(-n4c5ccc(-c6nc(-c7ccccc7)nc(-c7ccccc7)n6)cc5c5cc(-c6nc(-c7ccccc7)nc(-c7ccccc7)n6)ccc54)c(-c4cc(-c5ccccc5)nc(-c5cccc(-c6ccc(N7c8ccccc8B8c9ccccc9N(c9ccccc9)c9cccc7c98)cc6)c5)n4)c3)nc(-c3ccccc3)n2)cc1. The molecule has 0 N–H and O–H groups in total. The number of para-hydroxylation sites is 3. The summed E-state index contributed by atoms with van der Waals surface area (Å²) < 4.78 is 2.36. The molecule has 0 fully saturated rings. The van der Waals surface area contributed by atoms with Gasteiger partial charge in [0.15, 0.2) is 46.6 Å². The van der Waals surface area contributed by atoms with Crippen LogP contribution in [0, 0.1) is 0 Å². The quantitative estimate of drug-likeness (QED) is 0.0851. The Morgan fingerprint density at radius 3 is 0.935 bits per heavy atom. The van der Waals surface area contributed by atoms with Gasteiger partial charge in [-0.05, 0) is 143 Å². The third kappa shape index (κ3) is 13.2. The summed E-state index contributed by atoms with van der Waals surface area (Å²) in [5.41, 5.74) is 28.7. The normalized spacial score (nSPS) is 12.0. The average molecular weight is 1580 g/mol. The molecule has 23 rings (SSSR count). The largest absolute Gasteiger partial charge is 0.311 e. The second kappa shape index (κ2) is 30.8. The molecule has 0 spiro atoms. The zero-order chi connectivity index (χ0) is 82.0. The molecule has 2 aliphatic rings. The fraction of sp³-hybridized carbons (Fsp3) is 0. The van der Waals surface area contributed by atoms with Gasteiger partial charge in [-0.2, -0.15) is 0 Å². The molecule has 124 heavy (non-hydrogen) atoms. The minimum Gasteiger partial charge on any atom is -0.311 e. The molecule has 14 heteroatoms. The summed E-state index contributed by atoms with van der Waals surface area (Å²) in [5.74, 6) is 4.43. The number of benzene rings is 16. The van der Waals surface area contributed by atoms with Crippen LogP contribution in [0.3, 0.4) is 0 Å². The topological polar surface area (TPSA) is 140 Å². The Labute approximate surface area is 716 Å². The summed E-state index contributed by atoms with van der Waals surface area (Å²) in [5, 5.41) is 1.85. The highest BCUT2D eigenvalue weighted by Gasteiger charge is 2.43. The van der Waals surface area contributed by atoms with E-state index in [4.69, 9.17) is 49.8 Å². The van der Waals surface area contributed by atoms with E-state index in [1.54, 1.807) is 0 Å². The molecular formula is C110H70BN13. The summed E-state index contributed by atoms with van der Waals surface area (Å²) in [6, 6.07) is 148. The van der Waals surface area contributed by atoms with Gasteiger partial charge in [-0.3, -0.25) is 0 Å². The first-order chi connectivity index (χ1) is 61.4. The molecule has 0 atom stereocenters. The van der Waals surface area contributed by atoms with Crippen LogP contribution in [0.4, 0.5) is 34.1 Å². The number of fused-ring (bicyclic) bond motifs is 7. The van der Waals surface area contributed by atoms with E-state index in [0.29, 0.717) is 52.3 Å². The molecule has 2 aliphatic heterocycles. The molecule has 0 radical (unpaired) electrons. The van der Waals surface area contributed by atoms with E-state index in [1.165, 1.54) is 27.8 Å². The predicted molar refractivity (Wildman–Crippen MR) is 503 cm³/mol. The van der Waals surface area contributed by atoms with Crippen molar-refractivity contribution in [2.24, 2.45) is 0 Å². The van der Waals surface area contributed by atoms with Gasteiger partial charge < -0.3 is 14.4 Å². The van der Waals surface area contributed by atoms with Gasteiger partial charge >= 0.3 is 0 Å². The molecule has 0 saturated heterocycles. The maximum Gasteiger partial charge on any atom is 0.252 e. The van der Waals surface area contributed by atoms with Crippen LogP contribution in [0.5, 0.6) is 0 Å². The number of hydrogen-bond acceptors (Lipinski definition) is 12. The first-order valence-electron chi connectivity index (χ1n) is 41.5. The van der Waals surface area contributed by atoms with Crippen molar-refractivity contribution in [3.05, 3.63) is 425 Å². The lowest BCUT2D eigenvalue weighted by Crippen LogP contribution is -2.61. The van der Waals surface area contributed by atoms with E-state index >= 15 is 0 Å². The molecule has 0 unspecified atom stereocenters. The van der Waals surface area contributed by atoms with Gasteiger partial charge in [0.1, 0.15) is 0 Å². The maximum atomic E-state index is 5.84. The Morgan fingerprint density at radius 1 is 0.177 bits per heavy atom. The van der Waals surface area contributed by atoms with E-state index in [1.807, 2.05) is 164 Å². The Kier molecular flexibility index (Phi) is 18.0. The molecule has 21 aromatic rings. The molecule has 0 aliphatic carbocycles. The number of hydrogen-bond donors (Lipinski definition) is 0. The van der Waals surface area contributed by atoms with Crippen LogP contribution in [0.15, 0.2) is 425 Å². The van der Waals surface area contributed by atoms with Crippen molar-refractivity contribution in [1.29, 1.82) is 0 Å². The molecular weight excluding hydrogens is 1510 g/mol. The van der Waals surface area contributed by atoms with Crippen molar-refractivity contribution < 1.29 is 0 Å². The molecule has 16 aromatic carbocycles. The van der Waals surface area contributed by atoms with Crippen molar-refractivity contribution in [1.82, 2.24) is 54.4 Å². The van der Waals surface area contributed by atoms with Gasteiger partial charge in [-0.15, -0.1) is 0 Å². The highest BCUT2D eigenvalue weighted by atomic mass is 15.2. The minimum absolute atomic E-state index is 0.0321. The predicted octanol–water partition coefficient (Wildman–Crippen LogP) is 24.5.